The Morgan fingerprint density at radius 2 is 1.54 bits per heavy atom. The molecule has 0 aliphatic heterocycles. The third-order valence-corrected chi connectivity index (χ3v) is 10.5. The minimum atomic E-state index is -0.193. The largest absolute Gasteiger partial charge is 0.393 e. The fraction of sp³-hybridized carbons (Fsp3) is 1.00. The maximum Gasteiger partial charge on any atom is 0.0577 e. The van der Waals surface area contributed by atoms with Gasteiger partial charge in [-0.15, -0.1) is 0 Å². The molecule has 4 saturated carbocycles. The van der Waals surface area contributed by atoms with Crippen molar-refractivity contribution in [3.05, 3.63) is 0 Å². The van der Waals surface area contributed by atoms with Gasteiger partial charge in [-0.3, -0.25) is 0 Å². The van der Waals surface area contributed by atoms with E-state index in [1.54, 1.807) is 0 Å². The zero-order valence-electron chi connectivity index (χ0n) is 18.6. The summed E-state index contributed by atoms with van der Waals surface area (Å²) in [5.41, 5.74) is 0.679. The molecule has 4 fully saturated rings. The summed E-state index contributed by atoms with van der Waals surface area (Å²) < 4.78 is 0. The molecule has 11 atom stereocenters. The van der Waals surface area contributed by atoms with Gasteiger partial charge in [0.05, 0.1) is 18.3 Å². The molecule has 162 valence electrons. The van der Waals surface area contributed by atoms with Crippen LogP contribution in [0.2, 0.25) is 0 Å². The number of rotatable bonds is 4. The average Bonchev–Trinajstić information content (AvgIpc) is 2.98. The smallest absolute Gasteiger partial charge is 0.0577 e. The molecule has 0 aromatic rings. The molecule has 0 bridgehead atoms. The van der Waals surface area contributed by atoms with Gasteiger partial charge < -0.3 is 15.3 Å². The van der Waals surface area contributed by atoms with E-state index in [0.29, 0.717) is 40.4 Å². The second-order valence-electron chi connectivity index (χ2n) is 11.9. The molecule has 9 unspecified atom stereocenters. The Balaban J connectivity index is 1.55. The summed E-state index contributed by atoms with van der Waals surface area (Å²) in [4.78, 5) is 0. The summed E-state index contributed by atoms with van der Waals surface area (Å²) in [6.45, 7) is 9.35. The van der Waals surface area contributed by atoms with Gasteiger partial charge in [-0.05, 0) is 117 Å². The lowest BCUT2D eigenvalue weighted by Gasteiger charge is -2.62. The summed E-state index contributed by atoms with van der Waals surface area (Å²) in [5, 5.41) is 31.2. The number of hydrogen-bond acceptors (Lipinski definition) is 3. The molecule has 4 rings (SSSR count). The van der Waals surface area contributed by atoms with Crippen molar-refractivity contribution >= 4 is 0 Å². The summed E-state index contributed by atoms with van der Waals surface area (Å²) in [6.07, 6.45) is 10.6. The van der Waals surface area contributed by atoms with Crippen LogP contribution in [0.4, 0.5) is 0 Å². The van der Waals surface area contributed by atoms with Crippen LogP contribution in [-0.4, -0.2) is 33.6 Å². The molecule has 0 saturated heterocycles. The predicted molar refractivity (Wildman–Crippen MR) is 113 cm³/mol. The van der Waals surface area contributed by atoms with Crippen molar-refractivity contribution in [3.8, 4) is 0 Å². The van der Waals surface area contributed by atoms with Gasteiger partial charge in [-0.1, -0.05) is 20.8 Å². The first-order valence-corrected chi connectivity index (χ1v) is 12.2. The third kappa shape index (κ3) is 3.28. The van der Waals surface area contributed by atoms with Crippen LogP contribution in [0, 0.1) is 46.3 Å². The van der Waals surface area contributed by atoms with E-state index in [4.69, 9.17) is 0 Å². The summed E-state index contributed by atoms with van der Waals surface area (Å²) >= 11 is 0. The average molecular weight is 393 g/mol. The van der Waals surface area contributed by atoms with Crippen LogP contribution in [-0.2, 0) is 0 Å². The van der Waals surface area contributed by atoms with Crippen molar-refractivity contribution < 1.29 is 15.3 Å². The standard InChI is InChI=1S/C25H44O3/c1-15(5-6-16(2)26)19-7-8-20-23-21(10-12-25(19,20)4)24(3)11-9-18(27)13-17(24)14-22(23)28/h15-23,26-28H,5-14H2,1-4H3/t15?,16?,17?,18?,19?,20?,21?,22?,23?,24-,25+/m0/s1. The van der Waals surface area contributed by atoms with E-state index in [1.165, 1.54) is 25.7 Å². The van der Waals surface area contributed by atoms with Gasteiger partial charge in [-0.25, -0.2) is 0 Å². The van der Waals surface area contributed by atoms with Gasteiger partial charge in [0.2, 0.25) is 0 Å². The molecule has 0 heterocycles. The van der Waals surface area contributed by atoms with Crippen molar-refractivity contribution in [1.82, 2.24) is 0 Å². The van der Waals surface area contributed by atoms with E-state index in [9.17, 15) is 15.3 Å². The molecule has 4 aliphatic carbocycles. The second-order valence-corrected chi connectivity index (χ2v) is 11.9. The van der Waals surface area contributed by atoms with Gasteiger partial charge in [0, 0.05) is 0 Å². The Kier molecular flexibility index (Phi) is 5.69. The van der Waals surface area contributed by atoms with Gasteiger partial charge in [0.1, 0.15) is 0 Å². The number of fused-ring (bicyclic) bond motifs is 5. The van der Waals surface area contributed by atoms with Crippen molar-refractivity contribution in [2.24, 2.45) is 46.3 Å². The minimum absolute atomic E-state index is 0.152. The Morgan fingerprint density at radius 1 is 0.857 bits per heavy atom. The first-order chi connectivity index (χ1) is 13.2. The molecule has 0 amide bonds. The second kappa shape index (κ2) is 7.54. The lowest BCUT2D eigenvalue weighted by molar-refractivity contribution is -0.174. The third-order valence-electron chi connectivity index (χ3n) is 10.5. The zero-order valence-corrected chi connectivity index (χ0v) is 18.6. The Labute approximate surface area is 172 Å². The van der Waals surface area contributed by atoms with E-state index in [1.807, 2.05) is 6.92 Å². The summed E-state index contributed by atoms with van der Waals surface area (Å²) in [5.74, 6) is 3.66. The van der Waals surface area contributed by atoms with Crippen molar-refractivity contribution in [1.29, 1.82) is 0 Å². The molecular formula is C25H44O3. The highest BCUT2D eigenvalue weighted by Crippen LogP contribution is 2.68. The van der Waals surface area contributed by atoms with Gasteiger partial charge in [0.25, 0.3) is 0 Å². The summed E-state index contributed by atoms with van der Waals surface area (Å²) in [7, 11) is 0. The quantitative estimate of drug-likeness (QED) is 0.645. The van der Waals surface area contributed by atoms with Crippen LogP contribution < -0.4 is 0 Å². The maximum absolute atomic E-state index is 11.3. The first kappa shape index (κ1) is 21.1. The fourth-order valence-corrected chi connectivity index (χ4v) is 8.88. The number of aliphatic hydroxyl groups excluding tert-OH is 3. The zero-order chi connectivity index (χ0) is 20.3. The maximum atomic E-state index is 11.3. The van der Waals surface area contributed by atoms with E-state index < -0.39 is 0 Å². The summed E-state index contributed by atoms with van der Waals surface area (Å²) in [6, 6.07) is 0. The van der Waals surface area contributed by atoms with Crippen LogP contribution in [0.15, 0.2) is 0 Å². The fourth-order valence-electron chi connectivity index (χ4n) is 8.88. The molecule has 4 aliphatic rings. The Hall–Kier alpha value is -0.120. The van der Waals surface area contributed by atoms with E-state index in [0.717, 1.165) is 44.4 Å². The Morgan fingerprint density at radius 3 is 2.25 bits per heavy atom. The molecule has 0 aromatic carbocycles. The van der Waals surface area contributed by atoms with E-state index in [-0.39, 0.29) is 18.3 Å². The van der Waals surface area contributed by atoms with E-state index >= 15 is 0 Å². The SMILES string of the molecule is CC(O)CCC(C)C1CCC2C3C(O)CC4CC(O)CC[C@]4(C)C3CC[C@]12C. The van der Waals surface area contributed by atoms with Crippen LogP contribution in [0.1, 0.15) is 91.9 Å². The van der Waals surface area contributed by atoms with Crippen LogP contribution in [0.5, 0.6) is 0 Å². The highest BCUT2D eigenvalue weighted by atomic mass is 16.3. The normalized spacial score (nSPS) is 53.0. The molecule has 3 nitrogen and oxygen atoms in total. The first-order valence-electron chi connectivity index (χ1n) is 12.2. The van der Waals surface area contributed by atoms with Crippen molar-refractivity contribution in [2.45, 2.75) is 110 Å². The van der Waals surface area contributed by atoms with Gasteiger partial charge in [0.15, 0.2) is 0 Å². The number of hydrogen-bond donors (Lipinski definition) is 3. The Bertz CT molecular complexity index is 562. The predicted octanol–water partition coefficient (Wildman–Crippen LogP) is 4.77. The van der Waals surface area contributed by atoms with Crippen LogP contribution in [0.25, 0.3) is 0 Å². The van der Waals surface area contributed by atoms with Crippen molar-refractivity contribution in [2.75, 3.05) is 0 Å². The molecule has 28 heavy (non-hydrogen) atoms. The van der Waals surface area contributed by atoms with Gasteiger partial charge in [-0.2, -0.15) is 0 Å². The minimum Gasteiger partial charge on any atom is -0.393 e. The topological polar surface area (TPSA) is 60.7 Å². The molecule has 0 spiro atoms. The highest BCUT2D eigenvalue weighted by molar-refractivity contribution is 5.11. The van der Waals surface area contributed by atoms with Gasteiger partial charge >= 0.3 is 0 Å². The lowest BCUT2D eigenvalue weighted by atomic mass is 9.43. The molecule has 3 heteroatoms. The molecule has 0 radical (unpaired) electrons. The van der Waals surface area contributed by atoms with Crippen LogP contribution in [0.3, 0.4) is 0 Å². The number of aliphatic hydroxyl groups is 3. The molecular weight excluding hydrogens is 348 g/mol. The van der Waals surface area contributed by atoms with Crippen LogP contribution >= 0.6 is 0 Å². The van der Waals surface area contributed by atoms with E-state index in [2.05, 4.69) is 20.8 Å². The lowest BCUT2D eigenvalue weighted by Crippen LogP contribution is -2.58. The molecule has 3 N–H and O–H groups in total. The monoisotopic (exact) mass is 392 g/mol. The van der Waals surface area contributed by atoms with Crippen molar-refractivity contribution in [3.63, 3.8) is 0 Å². The molecule has 0 aromatic heterocycles. The highest BCUT2D eigenvalue weighted by Gasteiger charge is 2.62.